The molecule has 2 aromatic carbocycles. The number of para-hydroxylation sites is 1. The highest BCUT2D eigenvalue weighted by atomic mass is 16.2. The number of carbonyl (C=O) groups excluding carboxylic acids is 2. The maximum absolute atomic E-state index is 13.0. The van der Waals surface area contributed by atoms with Gasteiger partial charge in [-0.15, -0.1) is 0 Å². The molecule has 0 fully saturated rings. The summed E-state index contributed by atoms with van der Waals surface area (Å²) in [6.45, 7) is 3.85. The topological polar surface area (TPSA) is 88.9 Å². The maximum atomic E-state index is 13.0. The summed E-state index contributed by atoms with van der Waals surface area (Å²) in [4.78, 5) is 30.3. The summed E-state index contributed by atoms with van der Waals surface area (Å²) in [5.41, 5.74) is 3.53. The van der Waals surface area contributed by atoms with E-state index >= 15 is 0 Å². The minimum absolute atomic E-state index is 0.331. The molecule has 0 aliphatic rings. The van der Waals surface area contributed by atoms with Gasteiger partial charge in [-0.3, -0.25) is 9.59 Å². The minimum atomic E-state index is -0.861. The second-order valence-corrected chi connectivity index (χ2v) is 7.42. The van der Waals surface area contributed by atoms with Gasteiger partial charge in [-0.2, -0.15) is 5.10 Å². The van der Waals surface area contributed by atoms with Crippen LogP contribution >= 0.6 is 0 Å². The van der Waals surface area contributed by atoms with Crippen LogP contribution in [-0.4, -0.2) is 26.6 Å². The van der Waals surface area contributed by atoms with E-state index in [1.54, 1.807) is 41.1 Å². The van der Waals surface area contributed by atoms with Crippen molar-refractivity contribution in [3.8, 4) is 5.82 Å². The second kappa shape index (κ2) is 9.26. The first-order valence-electron chi connectivity index (χ1n) is 10.2. The maximum Gasteiger partial charge on any atom is 0.253 e. The number of hydrogen-bond donors (Lipinski definition) is 2. The Bertz CT molecular complexity index is 1220. The quantitative estimate of drug-likeness (QED) is 0.489. The number of nitrogens with zero attached hydrogens (tertiary/aromatic N) is 3. The van der Waals surface area contributed by atoms with E-state index in [9.17, 15) is 9.59 Å². The van der Waals surface area contributed by atoms with Crippen molar-refractivity contribution in [2.75, 3.05) is 5.32 Å². The summed E-state index contributed by atoms with van der Waals surface area (Å²) in [7, 11) is 0. The minimum Gasteiger partial charge on any atom is -0.336 e. The molecule has 1 unspecified atom stereocenters. The molecule has 7 heteroatoms. The predicted molar refractivity (Wildman–Crippen MR) is 123 cm³/mol. The highest BCUT2D eigenvalue weighted by Gasteiger charge is 2.23. The van der Waals surface area contributed by atoms with Crippen LogP contribution in [-0.2, 0) is 4.79 Å². The largest absolute Gasteiger partial charge is 0.336 e. The van der Waals surface area contributed by atoms with Gasteiger partial charge in [0.15, 0.2) is 5.82 Å². The van der Waals surface area contributed by atoms with E-state index in [1.165, 1.54) is 6.20 Å². The highest BCUT2D eigenvalue weighted by molar-refractivity contribution is 6.01. The lowest BCUT2D eigenvalue weighted by Gasteiger charge is -2.19. The Hall–Kier alpha value is -4.26. The van der Waals surface area contributed by atoms with Gasteiger partial charge in [0.2, 0.25) is 0 Å². The van der Waals surface area contributed by atoms with Crippen LogP contribution in [0.15, 0.2) is 85.1 Å². The van der Waals surface area contributed by atoms with Crippen molar-refractivity contribution >= 4 is 17.5 Å². The van der Waals surface area contributed by atoms with Gasteiger partial charge < -0.3 is 10.6 Å². The third-order valence-electron chi connectivity index (χ3n) is 4.95. The zero-order chi connectivity index (χ0) is 22.5. The van der Waals surface area contributed by atoms with Crippen LogP contribution in [0.3, 0.4) is 0 Å². The van der Waals surface area contributed by atoms with E-state index in [4.69, 9.17) is 0 Å². The van der Waals surface area contributed by atoms with Crippen molar-refractivity contribution in [1.82, 2.24) is 20.1 Å². The first-order valence-corrected chi connectivity index (χ1v) is 10.2. The summed E-state index contributed by atoms with van der Waals surface area (Å²) < 4.78 is 1.72. The van der Waals surface area contributed by atoms with Crippen LogP contribution in [0.5, 0.6) is 0 Å². The van der Waals surface area contributed by atoms with Gasteiger partial charge in [0.1, 0.15) is 6.04 Å². The number of carbonyl (C=O) groups is 2. The van der Waals surface area contributed by atoms with Crippen LogP contribution in [0.25, 0.3) is 5.82 Å². The lowest BCUT2D eigenvalue weighted by molar-refractivity contribution is -0.118. The SMILES string of the molecule is Cc1cc(C)n(-c2ccc(C(=O)NC(C(=O)Nc3ccccc3)c3ccccc3)cn2)n1. The van der Waals surface area contributed by atoms with E-state index in [1.807, 2.05) is 56.3 Å². The van der Waals surface area contributed by atoms with Gasteiger partial charge >= 0.3 is 0 Å². The van der Waals surface area contributed by atoms with Crippen molar-refractivity contribution in [1.29, 1.82) is 0 Å². The van der Waals surface area contributed by atoms with Crippen LogP contribution in [0.2, 0.25) is 0 Å². The van der Waals surface area contributed by atoms with Gasteiger partial charge in [0.05, 0.1) is 11.3 Å². The summed E-state index contributed by atoms with van der Waals surface area (Å²) >= 11 is 0. The molecule has 0 aliphatic carbocycles. The molecular formula is C25H23N5O2. The average Bonchev–Trinajstić information content (AvgIpc) is 3.16. The Kier molecular flexibility index (Phi) is 6.07. The molecule has 0 radical (unpaired) electrons. The van der Waals surface area contributed by atoms with Gasteiger partial charge in [-0.05, 0) is 49.7 Å². The Morgan fingerprint density at radius 2 is 1.59 bits per heavy atom. The molecule has 2 aromatic heterocycles. The van der Waals surface area contributed by atoms with E-state index in [-0.39, 0.29) is 5.91 Å². The molecule has 2 N–H and O–H groups in total. The molecule has 160 valence electrons. The standard InChI is InChI=1S/C25H23N5O2/c1-17-15-18(2)30(29-17)22-14-13-20(16-26-22)24(31)28-23(19-9-5-3-6-10-19)25(32)27-21-11-7-4-8-12-21/h3-16,23H,1-2H3,(H,27,32)(H,28,31). The molecule has 7 nitrogen and oxygen atoms in total. The molecule has 1 atom stereocenters. The number of benzene rings is 2. The van der Waals surface area contributed by atoms with E-state index in [0.717, 1.165) is 11.4 Å². The van der Waals surface area contributed by atoms with Gasteiger partial charge in [0, 0.05) is 17.6 Å². The third kappa shape index (κ3) is 4.73. The molecular weight excluding hydrogens is 402 g/mol. The predicted octanol–water partition coefficient (Wildman–Crippen LogP) is 3.99. The first kappa shape index (κ1) is 21.0. The normalized spacial score (nSPS) is 11.6. The van der Waals surface area contributed by atoms with Crippen molar-refractivity contribution in [2.45, 2.75) is 19.9 Å². The zero-order valence-corrected chi connectivity index (χ0v) is 17.8. The number of aromatic nitrogens is 3. The highest BCUT2D eigenvalue weighted by Crippen LogP contribution is 2.17. The van der Waals surface area contributed by atoms with Crippen molar-refractivity contribution in [3.63, 3.8) is 0 Å². The van der Waals surface area contributed by atoms with Crippen LogP contribution < -0.4 is 10.6 Å². The number of amides is 2. The smallest absolute Gasteiger partial charge is 0.253 e. The van der Waals surface area contributed by atoms with Crippen LogP contribution in [0, 0.1) is 13.8 Å². The number of hydrogen-bond acceptors (Lipinski definition) is 4. The van der Waals surface area contributed by atoms with Crippen molar-refractivity contribution < 1.29 is 9.59 Å². The molecule has 0 aliphatic heterocycles. The first-order chi connectivity index (χ1) is 15.5. The molecule has 0 saturated heterocycles. The molecule has 2 heterocycles. The summed E-state index contributed by atoms with van der Waals surface area (Å²) in [5.74, 6) is -0.106. The molecule has 32 heavy (non-hydrogen) atoms. The second-order valence-electron chi connectivity index (χ2n) is 7.42. The summed E-state index contributed by atoms with van der Waals surface area (Å²) in [5, 5.41) is 10.1. The van der Waals surface area contributed by atoms with Crippen LogP contribution in [0.4, 0.5) is 5.69 Å². The Morgan fingerprint density at radius 1 is 0.906 bits per heavy atom. The Labute approximate surface area is 186 Å². The Balaban J connectivity index is 1.54. The molecule has 2 amide bonds. The number of nitrogens with one attached hydrogen (secondary N) is 2. The van der Waals surface area contributed by atoms with Gasteiger partial charge in [0.25, 0.3) is 11.8 Å². The average molecular weight is 425 g/mol. The number of anilines is 1. The molecule has 0 saturated carbocycles. The molecule has 4 rings (SSSR count). The third-order valence-corrected chi connectivity index (χ3v) is 4.95. The monoisotopic (exact) mass is 425 g/mol. The Morgan fingerprint density at radius 3 is 2.19 bits per heavy atom. The summed E-state index contributed by atoms with van der Waals surface area (Å²) in [6.07, 6.45) is 1.48. The van der Waals surface area contributed by atoms with Gasteiger partial charge in [-0.25, -0.2) is 9.67 Å². The van der Waals surface area contributed by atoms with E-state index in [2.05, 4.69) is 20.7 Å². The number of aryl methyl sites for hydroxylation is 2. The fourth-order valence-corrected chi connectivity index (χ4v) is 3.40. The molecule has 0 spiro atoms. The fourth-order valence-electron chi connectivity index (χ4n) is 3.40. The van der Waals surface area contributed by atoms with Gasteiger partial charge in [-0.1, -0.05) is 48.5 Å². The molecule has 4 aromatic rings. The lowest BCUT2D eigenvalue weighted by Crippen LogP contribution is -2.37. The van der Waals surface area contributed by atoms with E-state index < -0.39 is 11.9 Å². The molecule has 0 bridgehead atoms. The zero-order valence-electron chi connectivity index (χ0n) is 17.8. The van der Waals surface area contributed by atoms with Crippen molar-refractivity contribution in [3.05, 3.63) is 108 Å². The number of rotatable bonds is 6. The van der Waals surface area contributed by atoms with Crippen LogP contribution in [0.1, 0.15) is 33.4 Å². The summed E-state index contributed by atoms with van der Waals surface area (Å²) in [6, 6.07) is 22.8. The number of pyridine rings is 1. The van der Waals surface area contributed by atoms with E-state index in [0.29, 0.717) is 22.6 Å². The lowest BCUT2D eigenvalue weighted by atomic mass is 10.1. The fraction of sp³-hybridized carbons (Fsp3) is 0.120. The van der Waals surface area contributed by atoms with Crippen molar-refractivity contribution in [2.24, 2.45) is 0 Å².